The third-order valence-corrected chi connectivity index (χ3v) is 6.57. The lowest BCUT2D eigenvalue weighted by Gasteiger charge is -2.19. The van der Waals surface area contributed by atoms with Crippen LogP contribution in [0.3, 0.4) is 0 Å². The first kappa shape index (κ1) is 19.6. The second-order valence-electron chi connectivity index (χ2n) is 6.62. The highest BCUT2D eigenvalue weighted by Gasteiger charge is 2.31. The van der Waals surface area contributed by atoms with Gasteiger partial charge in [0.05, 0.1) is 21.1 Å². The largest absolute Gasteiger partial charge is 0.423 e. The summed E-state index contributed by atoms with van der Waals surface area (Å²) in [5, 5.41) is 10.7. The van der Waals surface area contributed by atoms with E-state index in [-0.39, 0.29) is 21.9 Å². The van der Waals surface area contributed by atoms with E-state index in [1.807, 2.05) is 12.1 Å². The van der Waals surface area contributed by atoms with Crippen LogP contribution in [0.1, 0.15) is 15.9 Å². The van der Waals surface area contributed by atoms with Crippen molar-refractivity contribution in [2.24, 2.45) is 0 Å². The average Bonchev–Trinajstić information content (AvgIpc) is 3.19. The van der Waals surface area contributed by atoms with E-state index in [9.17, 15) is 23.3 Å². The van der Waals surface area contributed by atoms with Crippen LogP contribution >= 0.6 is 0 Å². The number of nitro groups is 1. The molecule has 0 unspecified atom stereocenters. The molecule has 4 rings (SSSR count). The van der Waals surface area contributed by atoms with Gasteiger partial charge in [0, 0.05) is 18.7 Å². The highest BCUT2D eigenvalue weighted by atomic mass is 32.2. The van der Waals surface area contributed by atoms with E-state index < -0.39 is 20.9 Å². The fraction of sp³-hybridized carbons (Fsp3) is 0.0952. The van der Waals surface area contributed by atoms with E-state index in [0.717, 1.165) is 5.56 Å². The molecule has 0 spiro atoms. The number of ether oxygens (including phenoxy) is 1. The Bertz CT molecular complexity index is 1240. The monoisotopic (exact) mass is 424 g/mol. The summed E-state index contributed by atoms with van der Waals surface area (Å²) in [4.78, 5) is 22.6. The number of sulfonamides is 1. The number of rotatable bonds is 5. The Morgan fingerprint density at radius 3 is 2.47 bits per heavy atom. The molecule has 8 nitrogen and oxygen atoms in total. The number of carbonyl (C=O) groups is 1. The number of para-hydroxylation sites is 1. The van der Waals surface area contributed by atoms with Crippen LogP contribution in [0.2, 0.25) is 0 Å². The van der Waals surface area contributed by atoms with Crippen LogP contribution in [0.4, 0.5) is 11.4 Å². The van der Waals surface area contributed by atoms with E-state index in [1.165, 1.54) is 52.8 Å². The average molecular weight is 424 g/mol. The second kappa shape index (κ2) is 7.60. The number of non-ortho nitro benzene ring substituents is 1. The standard InChI is InChI=1S/C21H16N2O6S/c24-21(29-18-10-8-17(9-11-18)23(25)26)16-5-3-6-19(14-16)30(27,28)22-13-12-15-4-1-2-7-20(15)22/h1-11,14H,12-13H2. The number of nitrogens with zero attached hydrogens (tertiary/aromatic N) is 2. The van der Waals surface area contributed by atoms with Crippen LogP contribution in [0.25, 0.3) is 0 Å². The first-order valence-corrected chi connectivity index (χ1v) is 10.5. The number of carbonyl (C=O) groups excluding carboxylic acids is 1. The topological polar surface area (TPSA) is 107 Å². The zero-order chi connectivity index (χ0) is 21.3. The molecule has 3 aromatic rings. The SMILES string of the molecule is O=C(Oc1ccc([N+](=O)[O-])cc1)c1cccc(S(=O)(=O)N2CCc3ccccc32)c1. The minimum Gasteiger partial charge on any atom is -0.423 e. The zero-order valence-electron chi connectivity index (χ0n) is 15.6. The molecule has 1 aliphatic rings. The van der Waals surface area contributed by atoms with Gasteiger partial charge in [-0.05, 0) is 48.4 Å². The third-order valence-electron chi connectivity index (χ3n) is 4.76. The molecule has 0 saturated carbocycles. The predicted octanol–water partition coefficient (Wildman–Crippen LogP) is 3.57. The lowest BCUT2D eigenvalue weighted by molar-refractivity contribution is -0.384. The summed E-state index contributed by atoms with van der Waals surface area (Å²) >= 11 is 0. The molecule has 0 N–H and O–H groups in total. The smallest absolute Gasteiger partial charge is 0.343 e. The number of nitro benzene ring substituents is 1. The maximum absolute atomic E-state index is 13.1. The fourth-order valence-electron chi connectivity index (χ4n) is 3.27. The van der Waals surface area contributed by atoms with Crippen molar-refractivity contribution in [3.05, 3.63) is 94.0 Å². The van der Waals surface area contributed by atoms with Gasteiger partial charge in [0.15, 0.2) is 0 Å². The molecule has 0 aliphatic carbocycles. The van der Waals surface area contributed by atoms with Crippen LogP contribution in [0.5, 0.6) is 5.75 Å². The van der Waals surface area contributed by atoms with Gasteiger partial charge in [-0.3, -0.25) is 14.4 Å². The molecule has 1 heterocycles. The Morgan fingerprint density at radius 1 is 1.00 bits per heavy atom. The Kier molecular flexibility index (Phi) is 4.96. The molecule has 9 heteroatoms. The van der Waals surface area contributed by atoms with Gasteiger partial charge in [-0.1, -0.05) is 24.3 Å². The van der Waals surface area contributed by atoms with Crippen molar-refractivity contribution < 1.29 is 22.9 Å². The molecule has 30 heavy (non-hydrogen) atoms. The summed E-state index contributed by atoms with van der Waals surface area (Å²) in [5.74, 6) is -0.643. The van der Waals surface area contributed by atoms with Crippen LogP contribution in [-0.2, 0) is 16.4 Å². The Morgan fingerprint density at radius 2 is 1.73 bits per heavy atom. The van der Waals surface area contributed by atoms with E-state index in [2.05, 4.69) is 0 Å². The van der Waals surface area contributed by atoms with Crippen LogP contribution in [-0.4, -0.2) is 25.9 Å². The first-order chi connectivity index (χ1) is 14.4. The van der Waals surface area contributed by atoms with Crippen LogP contribution in [0.15, 0.2) is 77.7 Å². The Labute approximate surface area is 172 Å². The van der Waals surface area contributed by atoms with Gasteiger partial charge in [0.2, 0.25) is 0 Å². The molecule has 3 aromatic carbocycles. The molecule has 1 aliphatic heterocycles. The van der Waals surface area contributed by atoms with Gasteiger partial charge < -0.3 is 4.74 Å². The summed E-state index contributed by atoms with van der Waals surface area (Å²) in [6.45, 7) is 0.332. The summed E-state index contributed by atoms with van der Waals surface area (Å²) in [6.07, 6.45) is 0.622. The minimum atomic E-state index is -3.85. The van der Waals surface area contributed by atoms with Gasteiger partial charge in [0.1, 0.15) is 5.75 Å². The third kappa shape index (κ3) is 3.62. The predicted molar refractivity (Wildman–Crippen MR) is 109 cm³/mol. The van der Waals surface area contributed by atoms with Crippen molar-refractivity contribution in [2.45, 2.75) is 11.3 Å². The molecule has 0 aromatic heterocycles. The fourth-order valence-corrected chi connectivity index (χ4v) is 4.82. The maximum atomic E-state index is 13.1. The molecule has 0 amide bonds. The highest BCUT2D eigenvalue weighted by molar-refractivity contribution is 7.92. The van der Waals surface area contributed by atoms with Crippen molar-refractivity contribution in [2.75, 3.05) is 10.8 Å². The van der Waals surface area contributed by atoms with Crippen LogP contribution in [0, 0.1) is 10.1 Å². The normalized spacial score (nSPS) is 13.0. The van der Waals surface area contributed by atoms with E-state index in [0.29, 0.717) is 18.7 Å². The van der Waals surface area contributed by atoms with Crippen molar-refractivity contribution in [1.82, 2.24) is 0 Å². The van der Waals surface area contributed by atoms with Crippen molar-refractivity contribution in [1.29, 1.82) is 0 Å². The lowest BCUT2D eigenvalue weighted by atomic mass is 10.2. The Balaban J connectivity index is 1.58. The lowest BCUT2D eigenvalue weighted by Crippen LogP contribution is -2.29. The molecule has 0 radical (unpaired) electrons. The first-order valence-electron chi connectivity index (χ1n) is 9.03. The van der Waals surface area contributed by atoms with Crippen molar-refractivity contribution >= 4 is 27.4 Å². The number of fused-ring (bicyclic) bond motifs is 1. The van der Waals surface area contributed by atoms with Gasteiger partial charge >= 0.3 is 5.97 Å². The van der Waals surface area contributed by atoms with Gasteiger partial charge in [-0.25, -0.2) is 13.2 Å². The maximum Gasteiger partial charge on any atom is 0.343 e. The van der Waals surface area contributed by atoms with Crippen LogP contribution < -0.4 is 9.04 Å². The van der Waals surface area contributed by atoms with Gasteiger partial charge in [-0.15, -0.1) is 0 Å². The number of esters is 1. The molecular formula is C21H16N2O6S. The summed E-state index contributed by atoms with van der Waals surface area (Å²) in [7, 11) is -3.85. The van der Waals surface area contributed by atoms with E-state index in [4.69, 9.17) is 4.74 Å². The zero-order valence-corrected chi connectivity index (χ0v) is 16.4. The van der Waals surface area contributed by atoms with E-state index in [1.54, 1.807) is 12.1 Å². The number of hydrogen-bond donors (Lipinski definition) is 0. The van der Waals surface area contributed by atoms with Crippen molar-refractivity contribution in [3.8, 4) is 5.75 Å². The highest BCUT2D eigenvalue weighted by Crippen LogP contribution is 2.32. The quantitative estimate of drug-likeness (QED) is 0.268. The molecule has 0 fully saturated rings. The number of benzene rings is 3. The second-order valence-corrected chi connectivity index (χ2v) is 8.49. The molecule has 0 bridgehead atoms. The van der Waals surface area contributed by atoms with Crippen molar-refractivity contribution in [3.63, 3.8) is 0 Å². The summed E-state index contributed by atoms with van der Waals surface area (Å²) < 4.78 is 32.8. The molecule has 0 atom stereocenters. The Hall–Kier alpha value is -3.72. The molecule has 0 saturated heterocycles. The van der Waals surface area contributed by atoms with Gasteiger partial charge in [-0.2, -0.15) is 0 Å². The number of anilines is 1. The summed E-state index contributed by atoms with van der Waals surface area (Å²) in [5.41, 5.74) is 1.52. The molecule has 152 valence electrons. The summed E-state index contributed by atoms with van der Waals surface area (Å²) in [6, 6.07) is 18.0. The van der Waals surface area contributed by atoms with Gasteiger partial charge in [0.25, 0.3) is 15.7 Å². The molecular weight excluding hydrogens is 408 g/mol. The van der Waals surface area contributed by atoms with E-state index >= 15 is 0 Å². The number of hydrogen-bond acceptors (Lipinski definition) is 6. The minimum absolute atomic E-state index is 0.0163.